The van der Waals surface area contributed by atoms with Gasteiger partial charge in [0.05, 0.1) is 12.8 Å². The van der Waals surface area contributed by atoms with E-state index in [9.17, 15) is 9.59 Å². The molecule has 1 N–H and O–H groups in total. The average Bonchev–Trinajstić information content (AvgIpc) is 3.14. The van der Waals surface area contributed by atoms with Crippen molar-refractivity contribution in [3.63, 3.8) is 0 Å². The van der Waals surface area contributed by atoms with Crippen LogP contribution >= 0.6 is 11.8 Å². The molecule has 1 saturated heterocycles. The first-order valence-corrected chi connectivity index (χ1v) is 12.1. The Balaban J connectivity index is 1.44. The summed E-state index contributed by atoms with van der Waals surface area (Å²) in [6.45, 7) is 0.556. The first-order valence-electron chi connectivity index (χ1n) is 11.2. The fourth-order valence-electron chi connectivity index (χ4n) is 3.71. The standard InChI is InChI=1S/C27H27N3O3S/c1-33-23-16-8-15-22(18-23)28-25(31)19-24-26(32)30(17-9-12-20-10-4-2-5-11-20)27(34-24)29-21-13-6-3-7-14-21/h2-8,10-11,13-16,18,24H,9,12,17,19H2,1H3,(H,28,31). The van der Waals surface area contributed by atoms with Crippen LogP contribution in [0.1, 0.15) is 18.4 Å². The summed E-state index contributed by atoms with van der Waals surface area (Å²) < 4.78 is 5.21. The van der Waals surface area contributed by atoms with E-state index in [0.29, 0.717) is 23.1 Å². The molecule has 1 aliphatic rings. The van der Waals surface area contributed by atoms with E-state index in [-0.39, 0.29) is 18.2 Å². The highest BCUT2D eigenvalue weighted by Crippen LogP contribution is 2.32. The molecule has 0 bridgehead atoms. The lowest BCUT2D eigenvalue weighted by molar-refractivity contribution is -0.128. The molecule has 3 aromatic carbocycles. The average molecular weight is 474 g/mol. The van der Waals surface area contributed by atoms with Crippen molar-refractivity contribution in [1.82, 2.24) is 4.90 Å². The smallest absolute Gasteiger partial charge is 0.242 e. The number of aliphatic imine (C=N–C) groups is 1. The van der Waals surface area contributed by atoms with E-state index in [1.807, 2.05) is 60.7 Å². The second-order valence-corrected chi connectivity index (χ2v) is 9.07. The van der Waals surface area contributed by atoms with Crippen molar-refractivity contribution in [2.24, 2.45) is 4.99 Å². The normalized spacial score (nSPS) is 16.6. The van der Waals surface area contributed by atoms with Crippen LogP contribution in [0.2, 0.25) is 0 Å². The van der Waals surface area contributed by atoms with Crippen molar-refractivity contribution in [3.05, 3.63) is 90.5 Å². The molecule has 1 fully saturated rings. The van der Waals surface area contributed by atoms with Gasteiger partial charge in [0.15, 0.2) is 5.17 Å². The van der Waals surface area contributed by atoms with Gasteiger partial charge in [0.2, 0.25) is 11.8 Å². The van der Waals surface area contributed by atoms with Gasteiger partial charge in [-0.1, -0.05) is 66.4 Å². The van der Waals surface area contributed by atoms with Gasteiger partial charge in [0.1, 0.15) is 11.0 Å². The number of nitrogens with one attached hydrogen (secondary N) is 1. The van der Waals surface area contributed by atoms with E-state index in [1.54, 1.807) is 24.1 Å². The summed E-state index contributed by atoms with van der Waals surface area (Å²) in [7, 11) is 1.58. The monoisotopic (exact) mass is 473 g/mol. The minimum atomic E-state index is -0.509. The maximum atomic E-state index is 13.3. The van der Waals surface area contributed by atoms with Gasteiger partial charge < -0.3 is 10.1 Å². The molecule has 3 aromatic rings. The van der Waals surface area contributed by atoms with Crippen LogP contribution in [0.15, 0.2) is 89.9 Å². The molecule has 6 nitrogen and oxygen atoms in total. The first kappa shape index (κ1) is 23.6. The third-order valence-corrected chi connectivity index (χ3v) is 6.59. The summed E-state index contributed by atoms with van der Waals surface area (Å²) in [6.07, 6.45) is 1.76. The fourth-order valence-corrected chi connectivity index (χ4v) is 4.89. The molecule has 34 heavy (non-hydrogen) atoms. The number of methoxy groups -OCH3 is 1. The van der Waals surface area contributed by atoms with Crippen molar-refractivity contribution >= 4 is 40.1 Å². The van der Waals surface area contributed by atoms with Gasteiger partial charge in [-0.05, 0) is 42.7 Å². The third-order valence-electron chi connectivity index (χ3n) is 5.42. The molecule has 1 unspecified atom stereocenters. The number of amides is 2. The van der Waals surface area contributed by atoms with Crippen molar-refractivity contribution in [1.29, 1.82) is 0 Å². The Morgan fingerprint density at radius 1 is 1.03 bits per heavy atom. The molecule has 1 atom stereocenters. The number of rotatable bonds is 9. The molecule has 0 aliphatic carbocycles. The quantitative estimate of drug-likeness (QED) is 0.459. The SMILES string of the molecule is COc1cccc(NC(=O)CC2SC(=Nc3ccccc3)N(CCCc3ccccc3)C2=O)c1. The van der Waals surface area contributed by atoms with Crippen LogP contribution in [-0.4, -0.2) is 40.8 Å². The van der Waals surface area contributed by atoms with Gasteiger partial charge in [0.25, 0.3) is 0 Å². The first-order chi connectivity index (χ1) is 16.6. The number of carbonyl (C=O) groups excluding carboxylic acids is 2. The number of para-hydroxylation sites is 1. The lowest BCUT2D eigenvalue weighted by Gasteiger charge is -2.16. The zero-order chi connectivity index (χ0) is 23.8. The van der Waals surface area contributed by atoms with Gasteiger partial charge in [-0.15, -0.1) is 0 Å². The molecule has 1 heterocycles. The number of ether oxygens (including phenoxy) is 1. The van der Waals surface area contributed by atoms with Crippen LogP contribution in [0.25, 0.3) is 0 Å². The highest BCUT2D eigenvalue weighted by atomic mass is 32.2. The third kappa shape index (κ3) is 6.26. The van der Waals surface area contributed by atoms with Crippen LogP contribution in [0.3, 0.4) is 0 Å². The van der Waals surface area contributed by atoms with Gasteiger partial charge >= 0.3 is 0 Å². The Bertz CT molecular complexity index is 1150. The topological polar surface area (TPSA) is 71.0 Å². The molecular formula is C27H27N3O3S. The predicted molar refractivity (Wildman–Crippen MR) is 138 cm³/mol. The summed E-state index contributed by atoms with van der Waals surface area (Å²) >= 11 is 1.36. The predicted octanol–water partition coefficient (Wildman–Crippen LogP) is 5.29. The number of amidine groups is 1. The van der Waals surface area contributed by atoms with Crippen LogP contribution in [-0.2, 0) is 16.0 Å². The molecule has 0 radical (unpaired) electrons. The molecule has 0 aromatic heterocycles. The Labute approximate surface area is 204 Å². The highest BCUT2D eigenvalue weighted by Gasteiger charge is 2.38. The van der Waals surface area contributed by atoms with Crippen molar-refractivity contribution in [2.45, 2.75) is 24.5 Å². The minimum absolute atomic E-state index is 0.0731. The molecule has 0 spiro atoms. The molecule has 7 heteroatoms. The Morgan fingerprint density at radius 3 is 2.50 bits per heavy atom. The van der Waals surface area contributed by atoms with E-state index in [1.165, 1.54) is 17.3 Å². The van der Waals surface area contributed by atoms with Gasteiger partial charge in [-0.3, -0.25) is 14.5 Å². The summed E-state index contributed by atoms with van der Waals surface area (Å²) in [4.78, 5) is 32.4. The maximum absolute atomic E-state index is 13.3. The Kier molecular flexibility index (Phi) is 7.99. The molecule has 0 saturated carbocycles. The zero-order valence-electron chi connectivity index (χ0n) is 19.0. The van der Waals surface area contributed by atoms with Gasteiger partial charge in [-0.25, -0.2) is 4.99 Å². The number of aryl methyl sites for hydroxylation is 1. The lowest BCUT2D eigenvalue weighted by Crippen LogP contribution is -2.34. The van der Waals surface area contributed by atoms with E-state index in [0.717, 1.165) is 18.5 Å². The van der Waals surface area contributed by atoms with E-state index in [2.05, 4.69) is 17.4 Å². The summed E-state index contributed by atoms with van der Waals surface area (Å²) in [6, 6.07) is 26.9. The Morgan fingerprint density at radius 2 is 1.76 bits per heavy atom. The number of hydrogen-bond acceptors (Lipinski definition) is 5. The lowest BCUT2D eigenvalue weighted by atomic mass is 10.1. The number of benzene rings is 3. The molecule has 1 aliphatic heterocycles. The Hall–Kier alpha value is -3.58. The maximum Gasteiger partial charge on any atom is 0.242 e. The summed E-state index contributed by atoms with van der Waals surface area (Å²) in [5.41, 5.74) is 2.66. The molecule has 2 amide bonds. The van der Waals surface area contributed by atoms with E-state index < -0.39 is 5.25 Å². The van der Waals surface area contributed by atoms with Crippen molar-refractivity contribution in [2.75, 3.05) is 19.0 Å². The van der Waals surface area contributed by atoms with Gasteiger partial charge in [0, 0.05) is 24.7 Å². The van der Waals surface area contributed by atoms with Crippen molar-refractivity contribution in [3.8, 4) is 5.75 Å². The number of hydrogen-bond donors (Lipinski definition) is 1. The van der Waals surface area contributed by atoms with Crippen LogP contribution in [0.4, 0.5) is 11.4 Å². The molecule has 4 rings (SSSR count). The van der Waals surface area contributed by atoms with E-state index >= 15 is 0 Å². The number of nitrogens with zero attached hydrogens (tertiary/aromatic N) is 2. The molecular weight excluding hydrogens is 446 g/mol. The second-order valence-electron chi connectivity index (χ2n) is 7.90. The second kappa shape index (κ2) is 11.5. The van der Waals surface area contributed by atoms with Gasteiger partial charge in [-0.2, -0.15) is 0 Å². The fraction of sp³-hybridized carbons (Fsp3) is 0.222. The van der Waals surface area contributed by atoms with Crippen molar-refractivity contribution < 1.29 is 14.3 Å². The van der Waals surface area contributed by atoms with Crippen LogP contribution in [0, 0.1) is 0 Å². The van der Waals surface area contributed by atoms with Crippen LogP contribution < -0.4 is 10.1 Å². The molecule has 174 valence electrons. The number of thioether (sulfide) groups is 1. The zero-order valence-corrected chi connectivity index (χ0v) is 19.8. The minimum Gasteiger partial charge on any atom is -0.497 e. The highest BCUT2D eigenvalue weighted by molar-refractivity contribution is 8.15. The number of carbonyl (C=O) groups is 2. The number of anilines is 1. The summed E-state index contributed by atoms with van der Waals surface area (Å²) in [5, 5.41) is 3.00. The van der Waals surface area contributed by atoms with E-state index in [4.69, 9.17) is 9.73 Å². The van der Waals surface area contributed by atoms with Crippen LogP contribution in [0.5, 0.6) is 5.75 Å². The largest absolute Gasteiger partial charge is 0.497 e. The summed E-state index contributed by atoms with van der Waals surface area (Å²) in [5.74, 6) is 0.365.